The number of hydrogen-bond acceptors (Lipinski definition) is 4. The van der Waals surface area contributed by atoms with E-state index in [1.54, 1.807) is 28.9 Å². The molecule has 5 nitrogen and oxygen atoms in total. The Balaban J connectivity index is 1.80. The average molecular weight is 339 g/mol. The van der Waals surface area contributed by atoms with E-state index < -0.39 is 0 Å². The van der Waals surface area contributed by atoms with Crippen molar-refractivity contribution >= 4 is 6.29 Å². The Morgan fingerprint density at radius 1 is 1.16 bits per heavy atom. The highest BCUT2D eigenvalue weighted by molar-refractivity contribution is 5.74. The van der Waals surface area contributed by atoms with Crippen molar-refractivity contribution in [3.8, 4) is 5.75 Å². The van der Waals surface area contributed by atoms with Crippen LogP contribution in [0, 0.1) is 0 Å². The van der Waals surface area contributed by atoms with E-state index in [2.05, 4.69) is 43.2 Å². The van der Waals surface area contributed by atoms with E-state index in [0.29, 0.717) is 24.5 Å². The maximum atomic E-state index is 10.6. The number of benzene rings is 1. The van der Waals surface area contributed by atoms with E-state index in [4.69, 9.17) is 4.74 Å². The molecule has 0 fully saturated rings. The second-order valence-electron chi connectivity index (χ2n) is 6.28. The Labute approximate surface area is 149 Å². The zero-order valence-electron chi connectivity index (χ0n) is 15.1. The molecule has 0 N–H and O–H groups in total. The van der Waals surface area contributed by atoms with Crippen LogP contribution in [0.1, 0.15) is 49.7 Å². The van der Waals surface area contributed by atoms with Gasteiger partial charge in [0.05, 0.1) is 12.7 Å². The van der Waals surface area contributed by atoms with Gasteiger partial charge in [-0.25, -0.2) is 4.68 Å². The molecule has 2 rings (SSSR count). The molecule has 0 saturated carbocycles. The van der Waals surface area contributed by atoms with Gasteiger partial charge in [-0.3, -0.25) is 4.79 Å². The zero-order chi connectivity index (χ0) is 18.1. The van der Waals surface area contributed by atoms with Crippen molar-refractivity contribution in [1.82, 2.24) is 15.0 Å². The highest BCUT2D eigenvalue weighted by Crippen LogP contribution is 2.13. The van der Waals surface area contributed by atoms with Gasteiger partial charge >= 0.3 is 0 Å². The van der Waals surface area contributed by atoms with Gasteiger partial charge in [-0.15, -0.1) is 5.10 Å². The zero-order valence-corrected chi connectivity index (χ0v) is 15.1. The smallest absolute Gasteiger partial charge is 0.150 e. The van der Waals surface area contributed by atoms with Crippen LogP contribution < -0.4 is 4.74 Å². The van der Waals surface area contributed by atoms with Gasteiger partial charge in [0.1, 0.15) is 24.3 Å². The summed E-state index contributed by atoms with van der Waals surface area (Å²) in [6.07, 6.45) is 9.26. The Kier molecular flexibility index (Phi) is 7.14. The van der Waals surface area contributed by atoms with Gasteiger partial charge < -0.3 is 4.74 Å². The molecular formula is C20H25N3O2. The molecule has 0 atom stereocenters. The second kappa shape index (κ2) is 9.57. The molecule has 25 heavy (non-hydrogen) atoms. The lowest BCUT2D eigenvalue weighted by Gasteiger charge is -2.03. The summed E-state index contributed by atoms with van der Waals surface area (Å²) in [6, 6.07) is 6.99. The van der Waals surface area contributed by atoms with Crippen molar-refractivity contribution in [2.24, 2.45) is 0 Å². The highest BCUT2D eigenvalue weighted by atomic mass is 16.5. The third-order valence-electron chi connectivity index (χ3n) is 3.71. The first-order valence-corrected chi connectivity index (χ1v) is 8.43. The van der Waals surface area contributed by atoms with Crippen LogP contribution in [-0.2, 0) is 13.2 Å². The summed E-state index contributed by atoms with van der Waals surface area (Å²) >= 11 is 0. The Morgan fingerprint density at radius 3 is 2.60 bits per heavy atom. The predicted octanol–water partition coefficient (Wildman–Crippen LogP) is 4.36. The minimum atomic E-state index is 0.351. The number of aldehydes is 1. The summed E-state index contributed by atoms with van der Waals surface area (Å²) in [4.78, 5) is 10.6. The summed E-state index contributed by atoms with van der Waals surface area (Å²) in [7, 11) is 0. The normalized spacial score (nSPS) is 11.2. The predicted molar refractivity (Wildman–Crippen MR) is 98.6 cm³/mol. The summed E-state index contributed by atoms with van der Waals surface area (Å²) in [5, 5.41) is 8.24. The fourth-order valence-electron chi connectivity index (χ4n) is 2.23. The monoisotopic (exact) mass is 339 g/mol. The first kappa shape index (κ1) is 18.6. The molecule has 0 radical (unpaired) electrons. The molecule has 2 aromatic rings. The molecule has 0 bridgehead atoms. The lowest BCUT2D eigenvalue weighted by molar-refractivity contribution is 0.112. The third kappa shape index (κ3) is 6.75. The van der Waals surface area contributed by atoms with Crippen molar-refractivity contribution in [3.63, 3.8) is 0 Å². The van der Waals surface area contributed by atoms with E-state index in [9.17, 15) is 4.79 Å². The molecular weight excluding hydrogens is 314 g/mol. The van der Waals surface area contributed by atoms with Crippen LogP contribution in [0.3, 0.4) is 0 Å². The Bertz CT molecular complexity index is 739. The Morgan fingerprint density at radius 2 is 1.92 bits per heavy atom. The van der Waals surface area contributed by atoms with Crippen molar-refractivity contribution < 1.29 is 9.53 Å². The molecule has 1 aromatic heterocycles. The molecule has 1 heterocycles. The topological polar surface area (TPSA) is 57.0 Å². The molecule has 0 aliphatic heterocycles. The molecule has 0 amide bonds. The van der Waals surface area contributed by atoms with Gasteiger partial charge in [0.2, 0.25) is 0 Å². The quantitative estimate of drug-likeness (QED) is 0.503. The summed E-state index contributed by atoms with van der Waals surface area (Å²) in [5.74, 6) is 0.704. The van der Waals surface area contributed by atoms with Crippen molar-refractivity contribution in [3.05, 3.63) is 65.0 Å². The van der Waals surface area contributed by atoms with E-state index in [0.717, 1.165) is 24.8 Å². The van der Waals surface area contributed by atoms with Crippen LogP contribution in [0.4, 0.5) is 0 Å². The molecule has 0 unspecified atom stereocenters. The number of rotatable bonds is 9. The molecule has 132 valence electrons. The number of hydrogen-bond donors (Lipinski definition) is 0. The van der Waals surface area contributed by atoms with Crippen LogP contribution in [0.25, 0.3) is 0 Å². The van der Waals surface area contributed by atoms with Gasteiger partial charge in [0.15, 0.2) is 0 Å². The highest BCUT2D eigenvalue weighted by Gasteiger charge is 2.02. The molecule has 0 saturated heterocycles. The second-order valence-corrected chi connectivity index (χ2v) is 6.28. The Hall–Kier alpha value is -2.69. The van der Waals surface area contributed by atoms with Crippen LogP contribution in [0.5, 0.6) is 5.75 Å². The SMILES string of the molecule is CC(C)=CCCC(C)=CCn1cc(COc2ccc(C=O)cc2)nn1. The van der Waals surface area contributed by atoms with Gasteiger partial charge in [-0.1, -0.05) is 28.5 Å². The van der Waals surface area contributed by atoms with Gasteiger partial charge in [-0.05, 0) is 57.9 Å². The number of allylic oxidation sites excluding steroid dienone is 4. The van der Waals surface area contributed by atoms with E-state index in [1.807, 2.05) is 6.20 Å². The van der Waals surface area contributed by atoms with Crippen LogP contribution in [0.15, 0.2) is 53.8 Å². The lowest BCUT2D eigenvalue weighted by atomic mass is 10.1. The van der Waals surface area contributed by atoms with Crippen LogP contribution in [-0.4, -0.2) is 21.3 Å². The fraction of sp³-hybridized carbons (Fsp3) is 0.350. The standard InChI is InChI=1S/C20H25N3O2/c1-16(2)5-4-6-17(3)11-12-23-13-19(21-22-23)15-25-20-9-7-18(14-24)8-10-20/h5,7-11,13-14H,4,6,12,15H2,1-3H3. The number of carbonyl (C=O) groups excluding carboxylic acids is 1. The van der Waals surface area contributed by atoms with E-state index in [1.165, 1.54) is 11.1 Å². The molecule has 0 spiro atoms. The van der Waals surface area contributed by atoms with Gasteiger partial charge in [0, 0.05) is 5.56 Å². The average Bonchev–Trinajstić information content (AvgIpc) is 3.06. The maximum Gasteiger partial charge on any atom is 0.150 e. The largest absolute Gasteiger partial charge is 0.487 e. The van der Waals surface area contributed by atoms with Crippen LogP contribution >= 0.6 is 0 Å². The number of ether oxygens (including phenoxy) is 1. The van der Waals surface area contributed by atoms with Crippen LogP contribution in [0.2, 0.25) is 0 Å². The lowest BCUT2D eigenvalue weighted by Crippen LogP contribution is -1.97. The minimum absolute atomic E-state index is 0.351. The first-order chi connectivity index (χ1) is 12.1. The number of aromatic nitrogens is 3. The fourth-order valence-corrected chi connectivity index (χ4v) is 2.23. The molecule has 0 aliphatic carbocycles. The minimum Gasteiger partial charge on any atom is -0.487 e. The van der Waals surface area contributed by atoms with E-state index >= 15 is 0 Å². The summed E-state index contributed by atoms with van der Waals surface area (Å²) in [6.45, 7) is 7.44. The first-order valence-electron chi connectivity index (χ1n) is 8.43. The van der Waals surface area contributed by atoms with Gasteiger partial charge in [-0.2, -0.15) is 0 Å². The molecule has 0 aliphatic rings. The van der Waals surface area contributed by atoms with Crippen molar-refractivity contribution in [2.45, 2.75) is 46.8 Å². The summed E-state index contributed by atoms with van der Waals surface area (Å²) in [5.41, 5.74) is 4.11. The van der Waals surface area contributed by atoms with Gasteiger partial charge in [0.25, 0.3) is 0 Å². The summed E-state index contributed by atoms with van der Waals surface area (Å²) < 4.78 is 7.46. The number of carbonyl (C=O) groups is 1. The van der Waals surface area contributed by atoms with Crippen molar-refractivity contribution in [1.29, 1.82) is 0 Å². The third-order valence-corrected chi connectivity index (χ3v) is 3.71. The maximum absolute atomic E-state index is 10.6. The van der Waals surface area contributed by atoms with E-state index in [-0.39, 0.29) is 0 Å². The molecule has 5 heteroatoms. The van der Waals surface area contributed by atoms with Crippen molar-refractivity contribution in [2.75, 3.05) is 0 Å². The number of nitrogens with zero attached hydrogens (tertiary/aromatic N) is 3. The molecule has 1 aromatic carbocycles.